The third-order valence-corrected chi connectivity index (χ3v) is 3.88. The number of carbonyl (C=O) groups excluding carboxylic acids is 1. The Morgan fingerprint density at radius 1 is 1.44 bits per heavy atom. The Labute approximate surface area is 98.6 Å². The van der Waals surface area contributed by atoms with E-state index in [-0.39, 0.29) is 24.2 Å². The molecule has 1 rings (SSSR count). The molecule has 0 saturated carbocycles. The summed E-state index contributed by atoms with van der Waals surface area (Å²) in [5.41, 5.74) is 0. The van der Waals surface area contributed by atoms with Crippen LogP contribution < -0.4 is 5.32 Å². The molecule has 6 heteroatoms. The van der Waals surface area contributed by atoms with E-state index in [0.29, 0.717) is 0 Å². The van der Waals surface area contributed by atoms with Crippen molar-refractivity contribution in [3.8, 4) is 0 Å². The van der Waals surface area contributed by atoms with E-state index >= 15 is 0 Å². The summed E-state index contributed by atoms with van der Waals surface area (Å²) in [6.07, 6.45) is 3.00. The van der Waals surface area contributed by atoms with Crippen molar-refractivity contribution in [3.05, 3.63) is 0 Å². The molecule has 0 aliphatic carbocycles. The zero-order chi connectivity index (χ0) is 12.0. The number of thioether (sulfide) groups is 1. The molecule has 1 saturated heterocycles. The van der Waals surface area contributed by atoms with Crippen LogP contribution in [0, 0.1) is 0 Å². The maximum Gasteiger partial charge on any atom is 0.326 e. The third-order valence-electron chi connectivity index (χ3n) is 2.50. The highest BCUT2D eigenvalue weighted by atomic mass is 32.2. The van der Waals surface area contributed by atoms with Gasteiger partial charge in [0.25, 0.3) is 0 Å². The minimum Gasteiger partial charge on any atom is -0.480 e. The van der Waals surface area contributed by atoms with Crippen LogP contribution in [0.1, 0.15) is 25.7 Å². The molecule has 1 fully saturated rings. The van der Waals surface area contributed by atoms with Gasteiger partial charge in [0.05, 0.1) is 5.25 Å². The maximum absolute atomic E-state index is 11.7. The summed E-state index contributed by atoms with van der Waals surface area (Å²) < 4.78 is 0. The van der Waals surface area contributed by atoms with Crippen LogP contribution in [-0.2, 0) is 9.59 Å². The highest BCUT2D eigenvalue weighted by Gasteiger charge is 2.26. The van der Waals surface area contributed by atoms with Crippen molar-refractivity contribution in [2.45, 2.75) is 37.0 Å². The Hall–Kier alpha value is -0.750. The summed E-state index contributed by atoms with van der Waals surface area (Å²) in [5, 5.41) is 19.8. The number of aliphatic hydroxyl groups is 1. The maximum atomic E-state index is 11.7. The second kappa shape index (κ2) is 6.75. The van der Waals surface area contributed by atoms with Gasteiger partial charge >= 0.3 is 5.97 Å². The molecular weight excluding hydrogens is 230 g/mol. The molecule has 2 unspecified atom stereocenters. The van der Waals surface area contributed by atoms with E-state index in [1.807, 2.05) is 0 Å². The lowest BCUT2D eigenvalue weighted by atomic mass is 10.1. The van der Waals surface area contributed by atoms with Crippen molar-refractivity contribution in [1.82, 2.24) is 5.32 Å². The van der Waals surface area contributed by atoms with Gasteiger partial charge in [-0.3, -0.25) is 4.79 Å². The molecule has 0 spiro atoms. The molecule has 0 aromatic heterocycles. The Balaban J connectivity index is 2.43. The number of hydrogen-bond donors (Lipinski definition) is 3. The molecular formula is C10H17NO4S. The molecule has 1 heterocycles. The molecule has 1 aliphatic heterocycles. The number of carbonyl (C=O) groups is 2. The van der Waals surface area contributed by atoms with Gasteiger partial charge in [0.1, 0.15) is 6.04 Å². The largest absolute Gasteiger partial charge is 0.480 e. The van der Waals surface area contributed by atoms with E-state index in [9.17, 15) is 9.59 Å². The Morgan fingerprint density at radius 3 is 2.69 bits per heavy atom. The van der Waals surface area contributed by atoms with Crippen LogP contribution in [-0.4, -0.2) is 45.7 Å². The quantitative estimate of drug-likeness (QED) is 0.647. The summed E-state index contributed by atoms with van der Waals surface area (Å²) >= 11 is 1.58. The van der Waals surface area contributed by atoms with Crippen LogP contribution in [0.25, 0.3) is 0 Å². The molecule has 16 heavy (non-hydrogen) atoms. The molecule has 0 aromatic carbocycles. The first-order valence-corrected chi connectivity index (χ1v) is 6.45. The molecule has 1 aliphatic rings. The highest BCUT2D eigenvalue weighted by molar-refractivity contribution is 8.00. The van der Waals surface area contributed by atoms with E-state index in [4.69, 9.17) is 10.2 Å². The summed E-state index contributed by atoms with van der Waals surface area (Å²) in [7, 11) is 0. The van der Waals surface area contributed by atoms with E-state index in [0.717, 1.165) is 25.0 Å². The number of nitrogens with one attached hydrogen (secondary N) is 1. The lowest BCUT2D eigenvalue weighted by Gasteiger charge is -2.22. The van der Waals surface area contributed by atoms with Crippen LogP contribution in [0.15, 0.2) is 0 Å². The van der Waals surface area contributed by atoms with Crippen LogP contribution in [0.4, 0.5) is 0 Å². The van der Waals surface area contributed by atoms with Gasteiger partial charge in [0.2, 0.25) is 5.91 Å². The van der Waals surface area contributed by atoms with Gasteiger partial charge in [-0.15, -0.1) is 11.8 Å². The fourth-order valence-corrected chi connectivity index (χ4v) is 2.81. The minimum absolute atomic E-state index is 0.0540. The number of hydrogen-bond acceptors (Lipinski definition) is 4. The molecule has 5 nitrogen and oxygen atoms in total. The molecule has 2 atom stereocenters. The number of amides is 1. The van der Waals surface area contributed by atoms with Gasteiger partial charge in [-0.05, 0) is 18.6 Å². The first-order chi connectivity index (χ1) is 7.65. The van der Waals surface area contributed by atoms with Gasteiger partial charge in [-0.1, -0.05) is 6.42 Å². The normalized spacial score (nSPS) is 22.4. The zero-order valence-corrected chi connectivity index (χ0v) is 9.83. The van der Waals surface area contributed by atoms with Crippen molar-refractivity contribution >= 4 is 23.6 Å². The molecule has 0 bridgehead atoms. The van der Waals surface area contributed by atoms with Crippen molar-refractivity contribution in [2.24, 2.45) is 0 Å². The lowest BCUT2D eigenvalue weighted by molar-refractivity contribution is -0.142. The summed E-state index contributed by atoms with van der Waals surface area (Å²) in [4.78, 5) is 22.5. The number of carboxylic acids is 1. The number of carboxylic acid groups (broad SMARTS) is 1. The topological polar surface area (TPSA) is 86.6 Å². The van der Waals surface area contributed by atoms with Crippen molar-refractivity contribution in [2.75, 3.05) is 12.4 Å². The van der Waals surface area contributed by atoms with Gasteiger partial charge in [0.15, 0.2) is 0 Å². The molecule has 0 radical (unpaired) electrons. The first-order valence-electron chi connectivity index (χ1n) is 5.40. The summed E-state index contributed by atoms with van der Waals surface area (Å²) in [5.74, 6) is -0.357. The molecule has 3 N–H and O–H groups in total. The average molecular weight is 247 g/mol. The summed E-state index contributed by atoms with van der Waals surface area (Å²) in [6.45, 7) is -0.241. The van der Waals surface area contributed by atoms with Gasteiger partial charge < -0.3 is 15.5 Å². The standard InChI is InChI=1S/C10H17NO4S/c12-5-4-7(10(14)15)11-9(13)8-3-1-2-6-16-8/h7-8,12H,1-6H2,(H,11,13)(H,14,15). The molecule has 0 aromatic rings. The van der Waals surface area contributed by atoms with E-state index in [1.165, 1.54) is 0 Å². The number of aliphatic hydroxyl groups excluding tert-OH is 1. The van der Waals surface area contributed by atoms with Crippen LogP contribution in [0.5, 0.6) is 0 Å². The lowest BCUT2D eigenvalue weighted by Crippen LogP contribution is -2.45. The Kier molecular flexibility index (Phi) is 5.62. The van der Waals surface area contributed by atoms with Crippen molar-refractivity contribution in [1.29, 1.82) is 0 Å². The van der Waals surface area contributed by atoms with Crippen LogP contribution in [0.2, 0.25) is 0 Å². The predicted molar refractivity (Wildman–Crippen MR) is 61.4 cm³/mol. The van der Waals surface area contributed by atoms with Gasteiger partial charge in [-0.2, -0.15) is 0 Å². The van der Waals surface area contributed by atoms with Crippen LogP contribution >= 0.6 is 11.8 Å². The summed E-state index contributed by atoms with van der Waals surface area (Å²) in [6, 6.07) is -0.972. The fourth-order valence-electron chi connectivity index (χ4n) is 1.60. The number of rotatable bonds is 5. The fraction of sp³-hybridized carbons (Fsp3) is 0.800. The molecule has 92 valence electrons. The smallest absolute Gasteiger partial charge is 0.326 e. The Bertz CT molecular complexity index is 253. The van der Waals surface area contributed by atoms with Crippen LogP contribution in [0.3, 0.4) is 0 Å². The second-order valence-electron chi connectivity index (χ2n) is 3.77. The second-order valence-corrected chi connectivity index (χ2v) is 5.08. The number of aliphatic carboxylic acids is 1. The van der Waals surface area contributed by atoms with E-state index in [2.05, 4.69) is 5.32 Å². The molecule has 1 amide bonds. The average Bonchev–Trinajstić information content (AvgIpc) is 2.29. The van der Waals surface area contributed by atoms with E-state index in [1.54, 1.807) is 11.8 Å². The highest BCUT2D eigenvalue weighted by Crippen LogP contribution is 2.25. The van der Waals surface area contributed by atoms with Gasteiger partial charge in [-0.25, -0.2) is 4.79 Å². The SMILES string of the molecule is O=C(O)C(CCO)NC(=O)C1CCCCS1. The minimum atomic E-state index is -1.09. The monoisotopic (exact) mass is 247 g/mol. The van der Waals surface area contributed by atoms with E-state index < -0.39 is 12.0 Å². The Morgan fingerprint density at radius 2 is 2.19 bits per heavy atom. The zero-order valence-electron chi connectivity index (χ0n) is 9.02. The van der Waals surface area contributed by atoms with Crippen molar-refractivity contribution in [3.63, 3.8) is 0 Å². The van der Waals surface area contributed by atoms with Crippen molar-refractivity contribution < 1.29 is 19.8 Å². The third kappa shape index (κ3) is 4.02. The van der Waals surface area contributed by atoms with Gasteiger partial charge in [0, 0.05) is 13.0 Å². The first kappa shape index (κ1) is 13.3. The predicted octanol–water partition coefficient (Wildman–Crippen LogP) is 0.224.